The fourth-order valence-corrected chi connectivity index (χ4v) is 4.25. The Morgan fingerprint density at radius 3 is 2.29 bits per heavy atom. The molecule has 1 saturated heterocycles. The molecule has 0 aliphatic carbocycles. The molecule has 0 amide bonds. The molecule has 4 unspecified atom stereocenters. The Hall–Kier alpha value is -0.0800. The highest BCUT2D eigenvalue weighted by atomic mass is 15.6. The highest BCUT2D eigenvalue weighted by Crippen LogP contribution is 2.36. The Labute approximate surface area is 134 Å². The van der Waals surface area contributed by atoms with E-state index in [-0.39, 0.29) is 0 Å². The minimum Gasteiger partial charge on any atom is -0.245 e. The first kappa shape index (κ1) is 19.0. The molecule has 0 aromatic heterocycles. The van der Waals surface area contributed by atoms with E-state index < -0.39 is 0 Å². The molecule has 126 valence electrons. The number of hydrogen-bond donors (Lipinski definition) is 0. The van der Waals surface area contributed by atoms with Crippen LogP contribution in [0.3, 0.4) is 0 Å². The van der Waals surface area contributed by atoms with E-state index in [0.29, 0.717) is 5.41 Å². The van der Waals surface area contributed by atoms with Crippen molar-refractivity contribution < 1.29 is 0 Å². The summed E-state index contributed by atoms with van der Waals surface area (Å²) < 4.78 is 0. The van der Waals surface area contributed by atoms with Crippen molar-refractivity contribution >= 4 is 0 Å². The van der Waals surface area contributed by atoms with Crippen molar-refractivity contribution in [1.82, 2.24) is 10.0 Å². The summed E-state index contributed by atoms with van der Waals surface area (Å²) in [7, 11) is 2.27. The van der Waals surface area contributed by atoms with E-state index in [2.05, 4.69) is 65.5 Å². The second-order valence-corrected chi connectivity index (χ2v) is 8.75. The Balaban J connectivity index is 2.90. The van der Waals surface area contributed by atoms with E-state index in [1.54, 1.807) is 0 Å². The lowest BCUT2D eigenvalue weighted by Gasteiger charge is -2.43. The van der Waals surface area contributed by atoms with Gasteiger partial charge in [0.05, 0.1) is 0 Å². The Morgan fingerprint density at radius 1 is 1.10 bits per heavy atom. The minimum atomic E-state index is 0.395. The van der Waals surface area contributed by atoms with Crippen LogP contribution in [0.5, 0.6) is 0 Å². The molecule has 4 atom stereocenters. The summed E-state index contributed by atoms with van der Waals surface area (Å²) in [6.45, 7) is 20.6. The summed E-state index contributed by atoms with van der Waals surface area (Å²) in [4.78, 5) is 0. The van der Waals surface area contributed by atoms with E-state index in [1.165, 1.54) is 38.9 Å². The Bertz CT molecular complexity index is 300. The van der Waals surface area contributed by atoms with Crippen LogP contribution in [0.1, 0.15) is 67.7 Å². The molecule has 0 aromatic carbocycles. The number of rotatable bonds is 3. The van der Waals surface area contributed by atoms with Gasteiger partial charge < -0.3 is 0 Å². The van der Waals surface area contributed by atoms with Gasteiger partial charge in [0.1, 0.15) is 0 Å². The lowest BCUT2D eigenvalue weighted by Crippen LogP contribution is -2.48. The quantitative estimate of drug-likeness (QED) is 0.730. The Kier molecular flexibility index (Phi) is 7.19. The second kappa shape index (κ2) is 7.97. The second-order valence-electron chi connectivity index (χ2n) is 8.75. The molecule has 0 radical (unpaired) electrons. The van der Waals surface area contributed by atoms with Crippen molar-refractivity contribution in [1.29, 1.82) is 0 Å². The van der Waals surface area contributed by atoms with Crippen LogP contribution in [0.15, 0.2) is 0 Å². The first-order valence-electron chi connectivity index (χ1n) is 9.12. The van der Waals surface area contributed by atoms with E-state index in [1.807, 2.05) is 0 Å². The van der Waals surface area contributed by atoms with Gasteiger partial charge in [0.25, 0.3) is 0 Å². The van der Waals surface area contributed by atoms with E-state index in [0.717, 1.165) is 23.7 Å². The van der Waals surface area contributed by atoms with Gasteiger partial charge in [-0.15, -0.1) is 0 Å². The summed E-state index contributed by atoms with van der Waals surface area (Å²) in [6.07, 6.45) is 3.93. The maximum Gasteiger partial charge on any atom is 0.0184 e. The molecule has 1 rings (SSSR count). The van der Waals surface area contributed by atoms with Gasteiger partial charge in [0.15, 0.2) is 0 Å². The summed E-state index contributed by atoms with van der Waals surface area (Å²) >= 11 is 0. The molecule has 1 aliphatic rings. The molecule has 0 N–H and O–H groups in total. The maximum absolute atomic E-state index is 2.63. The van der Waals surface area contributed by atoms with Crippen LogP contribution in [-0.4, -0.2) is 36.7 Å². The van der Waals surface area contributed by atoms with Gasteiger partial charge in [0.2, 0.25) is 0 Å². The summed E-state index contributed by atoms with van der Waals surface area (Å²) in [6, 6.07) is 0. The molecule has 1 heterocycles. The van der Waals surface area contributed by atoms with Gasteiger partial charge in [0, 0.05) is 26.7 Å². The average Bonchev–Trinajstić information content (AvgIpc) is 2.35. The summed E-state index contributed by atoms with van der Waals surface area (Å²) in [5.74, 6) is 3.27. The van der Waals surface area contributed by atoms with Crippen LogP contribution >= 0.6 is 0 Å². The molecule has 0 bridgehead atoms. The largest absolute Gasteiger partial charge is 0.245 e. The minimum absolute atomic E-state index is 0.395. The molecule has 21 heavy (non-hydrogen) atoms. The smallest absolute Gasteiger partial charge is 0.0184 e. The highest BCUT2D eigenvalue weighted by molar-refractivity contribution is 4.82. The summed E-state index contributed by atoms with van der Waals surface area (Å²) in [5.41, 5.74) is 0.395. The van der Waals surface area contributed by atoms with Gasteiger partial charge in [-0.1, -0.05) is 48.5 Å². The third kappa shape index (κ3) is 5.90. The third-order valence-electron chi connectivity index (χ3n) is 5.61. The third-order valence-corrected chi connectivity index (χ3v) is 5.61. The van der Waals surface area contributed by atoms with Crippen LogP contribution < -0.4 is 0 Å². The molecule has 1 fully saturated rings. The van der Waals surface area contributed by atoms with Crippen molar-refractivity contribution in [2.75, 3.05) is 26.7 Å². The molecular formula is C19H40N2. The standard InChI is InChI=1S/C19H40N2/c1-9-10-20(8)21-13-15(2)11-16(3)18(5)17(4)12-19(6,7)14-21/h15-18H,9-14H2,1-8H3. The topological polar surface area (TPSA) is 6.48 Å². The summed E-state index contributed by atoms with van der Waals surface area (Å²) in [5, 5.41) is 5.10. The van der Waals surface area contributed by atoms with Gasteiger partial charge in [-0.25, -0.2) is 10.0 Å². The zero-order valence-corrected chi connectivity index (χ0v) is 15.9. The first-order chi connectivity index (χ1) is 9.66. The van der Waals surface area contributed by atoms with Crippen molar-refractivity contribution in [3.8, 4) is 0 Å². The monoisotopic (exact) mass is 296 g/mol. The zero-order valence-electron chi connectivity index (χ0n) is 15.9. The average molecular weight is 297 g/mol. The zero-order chi connectivity index (χ0) is 16.2. The molecule has 0 spiro atoms. The Morgan fingerprint density at radius 2 is 1.71 bits per heavy atom. The van der Waals surface area contributed by atoms with Gasteiger partial charge in [-0.3, -0.25) is 0 Å². The predicted molar refractivity (Wildman–Crippen MR) is 94.2 cm³/mol. The normalized spacial score (nSPS) is 35.9. The maximum atomic E-state index is 2.63. The van der Waals surface area contributed by atoms with E-state index in [4.69, 9.17) is 0 Å². The number of hydrazine groups is 1. The van der Waals surface area contributed by atoms with Gasteiger partial charge in [-0.05, 0) is 48.3 Å². The highest BCUT2D eigenvalue weighted by Gasteiger charge is 2.32. The lowest BCUT2D eigenvalue weighted by atomic mass is 9.72. The van der Waals surface area contributed by atoms with Crippen molar-refractivity contribution in [3.63, 3.8) is 0 Å². The number of hydrogen-bond acceptors (Lipinski definition) is 2. The fourth-order valence-electron chi connectivity index (χ4n) is 4.25. The van der Waals surface area contributed by atoms with Crippen LogP contribution in [0.4, 0.5) is 0 Å². The molecule has 1 aliphatic heterocycles. The van der Waals surface area contributed by atoms with Crippen LogP contribution in [-0.2, 0) is 0 Å². The van der Waals surface area contributed by atoms with E-state index >= 15 is 0 Å². The van der Waals surface area contributed by atoms with Crippen molar-refractivity contribution in [3.05, 3.63) is 0 Å². The van der Waals surface area contributed by atoms with Crippen molar-refractivity contribution in [2.24, 2.45) is 29.1 Å². The lowest BCUT2D eigenvalue weighted by molar-refractivity contribution is -0.0521. The van der Waals surface area contributed by atoms with Crippen molar-refractivity contribution in [2.45, 2.75) is 67.7 Å². The van der Waals surface area contributed by atoms with Gasteiger partial charge in [-0.2, -0.15) is 0 Å². The molecule has 2 nitrogen and oxygen atoms in total. The van der Waals surface area contributed by atoms with E-state index in [9.17, 15) is 0 Å². The van der Waals surface area contributed by atoms with Crippen LogP contribution in [0.2, 0.25) is 0 Å². The predicted octanol–water partition coefficient (Wildman–Crippen LogP) is 4.91. The SMILES string of the molecule is CCCN(C)N1CC(C)CC(C)C(C)C(C)CC(C)(C)C1. The molecule has 0 aromatic rings. The molecule has 2 heteroatoms. The molecule has 0 saturated carbocycles. The molecular weight excluding hydrogens is 256 g/mol. The van der Waals surface area contributed by atoms with Crippen LogP contribution in [0.25, 0.3) is 0 Å². The van der Waals surface area contributed by atoms with Crippen LogP contribution in [0, 0.1) is 29.1 Å². The number of nitrogens with zero attached hydrogens (tertiary/aromatic N) is 2. The fraction of sp³-hybridized carbons (Fsp3) is 1.00. The first-order valence-corrected chi connectivity index (χ1v) is 9.12. The van der Waals surface area contributed by atoms with Gasteiger partial charge >= 0.3 is 0 Å².